The Hall–Kier alpha value is -0.800. The Bertz CT molecular complexity index is 289. The molecule has 3 rings (SSSR count). The number of amides is 1. The second-order valence-corrected chi connectivity index (χ2v) is 5.91. The van der Waals surface area contributed by atoms with Gasteiger partial charge in [-0.25, -0.2) is 9.18 Å². The van der Waals surface area contributed by atoms with Gasteiger partial charge in [0.1, 0.15) is 11.3 Å². The summed E-state index contributed by atoms with van der Waals surface area (Å²) in [4.78, 5) is 11.5. The highest BCUT2D eigenvalue weighted by molar-refractivity contribution is 5.69. The number of rotatable bonds is 1. The molecule has 1 N–H and O–H groups in total. The molecule has 3 aliphatic carbocycles. The smallest absolute Gasteiger partial charge is 0.408 e. The van der Waals surface area contributed by atoms with E-state index >= 15 is 0 Å². The number of fused-ring (bicyclic) bond motifs is 1. The van der Waals surface area contributed by atoms with Gasteiger partial charge >= 0.3 is 6.09 Å². The number of nitrogens with one attached hydrogen (secondary N) is 1. The highest BCUT2D eigenvalue weighted by Crippen LogP contribution is 2.57. The number of carbonyl (C=O) groups is 1. The lowest BCUT2D eigenvalue weighted by Crippen LogP contribution is -2.57. The Morgan fingerprint density at radius 1 is 1.33 bits per heavy atom. The number of carbonyl (C=O) groups excluding carboxylic acids is 1. The van der Waals surface area contributed by atoms with Crippen LogP contribution in [0.1, 0.15) is 46.5 Å². The monoisotopic (exact) mass is 215 g/mol. The highest BCUT2D eigenvalue weighted by atomic mass is 19.1. The first-order valence-electron chi connectivity index (χ1n) is 5.42. The number of alkyl halides is 1. The van der Waals surface area contributed by atoms with Crippen molar-refractivity contribution in [2.45, 2.75) is 63.3 Å². The van der Waals surface area contributed by atoms with Gasteiger partial charge in [-0.2, -0.15) is 0 Å². The summed E-state index contributed by atoms with van der Waals surface area (Å²) in [6, 6.07) is 0. The van der Waals surface area contributed by atoms with Crippen LogP contribution in [-0.4, -0.2) is 22.9 Å². The van der Waals surface area contributed by atoms with Crippen LogP contribution >= 0.6 is 0 Å². The maximum atomic E-state index is 13.5. The predicted octanol–water partition coefficient (Wildman–Crippen LogP) is 2.55. The Kier molecular flexibility index (Phi) is 2.04. The van der Waals surface area contributed by atoms with E-state index in [9.17, 15) is 9.18 Å². The minimum atomic E-state index is -1.00. The molecule has 0 saturated heterocycles. The van der Waals surface area contributed by atoms with Crippen LogP contribution in [0.2, 0.25) is 0 Å². The first kappa shape index (κ1) is 10.7. The maximum Gasteiger partial charge on any atom is 0.408 e. The molecular weight excluding hydrogens is 197 g/mol. The van der Waals surface area contributed by atoms with Crippen molar-refractivity contribution in [2.75, 3.05) is 0 Å². The van der Waals surface area contributed by atoms with E-state index in [0.717, 1.165) is 6.42 Å². The fourth-order valence-electron chi connectivity index (χ4n) is 2.65. The van der Waals surface area contributed by atoms with Gasteiger partial charge in [0.25, 0.3) is 0 Å². The molecule has 0 aromatic heterocycles. The molecule has 15 heavy (non-hydrogen) atoms. The normalized spacial score (nSPS) is 38.4. The van der Waals surface area contributed by atoms with Gasteiger partial charge in [0, 0.05) is 18.4 Å². The van der Waals surface area contributed by atoms with Crippen LogP contribution in [0.3, 0.4) is 0 Å². The minimum absolute atomic E-state index is 0.308. The van der Waals surface area contributed by atoms with Crippen molar-refractivity contribution in [2.24, 2.45) is 0 Å². The molecule has 3 nitrogen and oxygen atoms in total. The standard InChI is InChI=1S/C11H18FNO2/c1-9(2,3)15-8(14)13-11-5-4-10(12,6-11)7-11/h4-7H2,1-3H3,(H,13,14). The molecule has 1 amide bonds. The predicted molar refractivity (Wildman–Crippen MR) is 54.4 cm³/mol. The third-order valence-electron chi connectivity index (χ3n) is 3.13. The summed E-state index contributed by atoms with van der Waals surface area (Å²) in [5, 5.41) is 2.80. The SMILES string of the molecule is CC(C)(C)OC(=O)NC12CCC(F)(C1)C2. The molecule has 0 heterocycles. The van der Waals surface area contributed by atoms with Crippen molar-refractivity contribution in [3.05, 3.63) is 0 Å². The molecule has 0 spiro atoms. The van der Waals surface area contributed by atoms with Crippen LogP contribution in [0.5, 0.6) is 0 Å². The topological polar surface area (TPSA) is 38.3 Å². The summed E-state index contributed by atoms with van der Waals surface area (Å²) in [6.45, 7) is 5.46. The molecule has 0 radical (unpaired) electrons. The number of hydrogen-bond acceptors (Lipinski definition) is 2. The van der Waals surface area contributed by atoms with Gasteiger partial charge in [0.2, 0.25) is 0 Å². The van der Waals surface area contributed by atoms with Crippen molar-refractivity contribution in [1.82, 2.24) is 5.32 Å². The lowest BCUT2D eigenvalue weighted by Gasteiger charge is -2.42. The van der Waals surface area contributed by atoms with Crippen molar-refractivity contribution >= 4 is 6.09 Å². The van der Waals surface area contributed by atoms with E-state index in [1.807, 2.05) is 20.8 Å². The van der Waals surface area contributed by atoms with E-state index < -0.39 is 17.4 Å². The third-order valence-corrected chi connectivity index (χ3v) is 3.13. The average molecular weight is 215 g/mol. The summed E-state index contributed by atoms with van der Waals surface area (Å²) in [7, 11) is 0. The number of alkyl carbamates (subject to hydrolysis) is 1. The average Bonchev–Trinajstić information content (AvgIpc) is 2.35. The summed E-state index contributed by atoms with van der Waals surface area (Å²) < 4.78 is 18.7. The summed E-state index contributed by atoms with van der Waals surface area (Å²) in [5.74, 6) is 0. The van der Waals surface area contributed by atoms with Gasteiger partial charge in [-0.1, -0.05) is 0 Å². The highest BCUT2D eigenvalue weighted by Gasteiger charge is 2.62. The first-order valence-corrected chi connectivity index (χ1v) is 5.42. The van der Waals surface area contributed by atoms with E-state index in [1.54, 1.807) is 0 Å². The summed E-state index contributed by atoms with van der Waals surface area (Å²) in [5.41, 5.74) is -1.80. The Labute approximate surface area is 89.4 Å². The quantitative estimate of drug-likeness (QED) is 0.730. The van der Waals surface area contributed by atoms with Crippen LogP contribution in [0.4, 0.5) is 9.18 Å². The molecular formula is C11H18FNO2. The van der Waals surface area contributed by atoms with Crippen molar-refractivity contribution in [1.29, 1.82) is 0 Å². The Balaban J connectivity index is 1.86. The van der Waals surface area contributed by atoms with E-state index in [4.69, 9.17) is 4.74 Å². The molecule has 3 fully saturated rings. The number of halogens is 1. The van der Waals surface area contributed by atoms with Gasteiger partial charge in [-0.15, -0.1) is 0 Å². The van der Waals surface area contributed by atoms with Crippen molar-refractivity contribution in [3.63, 3.8) is 0 Å². The van der Waals surface area contributed by atoms with Crippen LogP contribution in [0.15, 0.2) is 0 Å². The fraction of sp³-hybridized carbons (Fsp3) is 0.909. The third kappa shape index (κ3) is 2.08. The largest absolute Gasteiger partial charge is 0.444 e. The van der Waals surface area contributed by atoms with Gasteiger partial charge in [0.15, 0.2) is 0 Å². The summed E-state index contributed by atoms with van der Waals surface area (Å²) in [6.07, 6.45) is 1.80. The molecule has 86 valence electrons. The fourth-order valence-corrected chi connectivity index (χ4v) is 2.65. The molecule has 0 aromatic rings. The summed E-state index contributed by atoms with van der Waals surface area (Å²) >= 11 is 0. The lowest BCUT2D eigenvalue weighted by molar-refractivity contribution is 0.0137. The van der Waals surface area contributed by atoms with Crippen LogP contribution in [0, 0.1) is 0 Å². The van der Waals surface area contributed by atoms with Gasteiger partial charge < -0.3 is 10.1 Å². The number of hydrogen-bond donors (Lipinski definition) is 1. The Morgan fingerprint density at radius 2 is 1.93 bits per heavy atom. The second-order valence-electron chi connectivity index (χ2n) is 5.91. The van der Waals surface area contributed by atoms with Crippen LogP contribution in [0.25, 0.3) is 0 Å². The van der Waals surface area contributed by atoms with Gasteiger partial charge in [0.05, 0.1) is 0 Å². The van der Waals surface area contributed by atoms with Crippen molar-refractivity contribution < 1.29 is 13.9 Å². The van der Waals surface area contributed by atoms with E-state index in [2.05, 4.69) is 5.32 Å². The lowest BCUT2D eigenvalue weighted by atomic mass is 9.75. The van der Waals surface area contributed by atoms with Crippen molar-refractivity contribution in [3.8, 4) is 0 Å². The molecule has 3 saturated carbocycles. The molecule has 4 heteroatoms. The van der Waals surface area contributed by atoms with Gasteiger partial charge in [-0.05, 0) is 33.6 Å². The zero-order valence-electron chi connectivity index (χ0n) is 9.52. The molecule has 0 aromatic carbocycles. The zero-order chi connectivity index (χ0) is 11.3. The number of ether oxygens (including phenoxy) is 1. The van der Waals surface area contributed by atoms with Crippen LogP contribution < -0.4 is 5.32 Å². The van der Waals surface area contributed by atoms with E-state index in [0.29, 0.717) is 19.3 Å². The Morgan fingerprint density at radius 3 is 2.33 bits per heavy atom. The molecule has 0 unspecified atom stereocenters. The van der Waals surface area contributed by atoms with Crippen LogP contribution in [-0.2, 0) is 4.74 Å². The first-order chi connectivity index (χ1) is 6.72. The molecule has 2 bridgehead atoms. The minimum Gasteiger partial charge on any atom is -0.444 e. The second kappa shape index (κ2) is 2.86. The van der Waals surface area contributed by atoms with E-state index in [1.165, 1.54) is 0 Å². The molecule has 0 atom stereocenters. The maximum absolute atomic E-state index is 13.5. The molecule has 3 aliphatic rings. The zero-order valence-corrected chi connectivity index (χ0v) is 9.52. The molecule has 0 aliphatic heterocycles. The van der Waals surface area contributed by atoms with Gasteiger partial charge in [-0.3, -0.25) is 0 Å². The van der Waals surface area contributed by atoms with E-state index in [-0.39, 0.29) is 5.54 Å².